The molecule has 0 fully saturated rings. The molecule has 7 nitrogen and oxygen atoms in total. The van der Waals surface area contributed by atoms with Crippen LogP contribution in [0.2, 0.25) is 0 Å². The Morgan fingerprint density at radius 2 is 1.62 bits per heavy atom. The lowest BCUT2D eigenvalue weighted by molar-refractivity contribution is -0.385. The first kappa shape index (κ1) is 11.6. The Bertz CT molecular complexity index is 493. The first-order valence-electron chi connectivity index (χ1n) is 4.10. The number of carboxylic acids is 2. The molecule has 0 aromatic heterocycles. The van der Waals surface area contributed by atoms with Crippen LogP contribution >= 0.6 is 0 Å². The van der Waals surface area contributed by atoms with E-state index >= 15 is 0 Å². The zero-order valence-corrected chi connectivity index (χ0v) is 8.13. The normalized spacial score (nSPS) is 9.81. The standard InChI is InChI=1S/C9H7NO6/c1-4-5(8(11)12)2-3-6(9(13)14)7(4)10(15)16/h2-3H,1H3,(H,11,12)(H,13,14). The quantitative estimate of drug-likeness (QED) is 0.591. The fourth-order valence-electron chi connectivity index (χ4n) is 1.34. The van der Waals surface area contributed by atoms with E-state index < -0.39 is 28.1 Å². The molecule has 1 aromatic rings. The summed E-state index contributed by atoms with van der Waals surface area (Å²) in [6.45, 7) is 1.20. The van der Waals surface area contributed by atoms with E-state index in [0.717, 1.165) is 12.1 Å². The van der Waals surface area contributed by atoms with E-state index in [1.807, 2.05) is 0 Å². The topological polar surface area (TPSA) is 118 Å². The Morgan fingerprint density at radius 1 is 1.19 bits per heavy atom. The average Bonchev–Trinajstić information content (AvgIpc) is 2.15. The van der Waals surface area contributed by atoms with Crippen LogP contribution in [0, 0.1) is 17.0 Å². The number of aromatic carboxylic acids is 2. The van der Waals surface area contributed by atoms with Crippen LogP contribution in [0.5, 0.6) is 0 Å². The summed E-state index contributed by atoms with van der Waals surface area (Å²) in [6.07, 6.45) is 0. The van der Waals surface area contributed by atoms with Gasteiger partial charge in [0.25, 0.3) is 5.69 Å². The number of carboxylic acid groups (broad SMARTS) is 2. The molecular weight excluding hydrogens is 218 g/mol. The van der Waals surface area contributed by atoms with Gasteiger partial charge in [0.1, 0.15) is 5.56 Å². The van der Waals surface area contributed by atoms with Gasteiger partial charge in [0, 0.05) is 5.56 Å². The van der Waals surface area contributed by atoms with Crippen LogP contribution < -0.4 is 0 Å². The van der Waals surface area contributed by atoms with Gasteiger partial charge < -0.3 is 10.2 Å². The summed E-state index contributed by atoms with van der Waals surface area (Å²) in [4.78, 5) is 31.2. The summed E-state index contributed by atoms with van der Waals surface area (Å²) in [5.41, 5.74) is -1.66. The third-order valence-corrected chi connectivity index (χ3v) is 2.07. The second kappa shape index (κ2) is 3.97. The number of carbonyl (C=O) groups is 2. The van der Waals surface area contributed by atoms with Crippen LogP contribution in [0.1, 0.15) is 26.3 Å². The average molecular weight is 225 g/mol. The Hall–Kier alpha value is -2.44. The maximum Gasteiger partial charge on any atom is 0.342 e. The summed E-state index contributed by atoms with van der Waals surface area (Å²) in [7, 11) is 0. The molecule has 84 valence electrons. The SMILES string of the molecule is Cc1c(C(=O)O)ccc(C(=O)O)c1[N+](=O)[O-]. The Labute approximate surface area is 89.1 Å². The first-order chi connectivity index (χ1) is 7.36. The highest BCUT2D eigenvalue weighted by atomic mass is 16.6. The van der Waals surface area contributed by atoms with Crippen LogP contribution in [0.3, 0.4) is 0 Å². The van der Waals surface area contributed by atoms with Crippen molar-refractivity contribution in [1.82, 2.24) is 0 Å². The number of rotatable bonds is 3. The van der Waals surface area contributed by atoms with Gasteiger partial charge >= 0.3 is 11.9 Å². The summed E-state index contributed by atoms with van der Waals surface area (Å²) in [5.74, 6) is -2.80. The Balaban J connectivity index is 3.60. The predicted octanol–water partition coefficient (Wildman–Crippen LogP) is 1.30. The number of nitro benzene ring substituents is 1. The highest BCUT2D eigenvalue weighted by Crippen LogP contribution is 2.26. The molecular formula is C9H7NO6. The van der Waals surface area contributed by atoms with Crippen LogP contribution in [-0.4, -0.2) is 27.1 Å². The van der Waals surface area contributed by atoms with Crippen molar-refractivity contribution in [3.63, 3.8) is 0 Å². The van der Waals surface area contributed by atoms with E-state index in [9.17, 15) is 19.7 Å². The second-order valence-corrected chi connectivity index (χ2v) is 3.00. The zero-order chi connectivity index (χ0) is 12.5. The maximum atomic E-state index is 10.7. The molecule has 0 aliphatic carbocycles. The van der Waals surface area contributed by atoms with Crippen molar-refractivity contribution in [3.05, 3.63) is 38.9 Å². The lowest BCUT2D eigenvalue weighted by atomic mass is 10.0. The van der Waals surface area contributed by atoms with Gasteiger partial charge in [0.2, 0.25) is 0 Å². The van der Waals surface area contributed by atoms with E-state index in [-0.39, 0.29) is 11.1 Å². The predicted molar refractivity (Wildman–Crippen MR) is 51.8 cm³/mol. The molecule has 0 aliphatic heterocycles. The van der Waals surface area contributed by atoms with Crippen molar-refractivity contribution >= 4 is 17.6 Å². The van der Waals surface area contributed by atoms with Gasteiger partial charge in [-0.3, -0.25) is 10.1 Å². The minimum atomic E-state index is -1.47. The summed E-state index contributed by atoms with van der Waals surface area (Å²) >= 11 is 0. The summed E-state index contributed by atoms with van der Waals surface area (Å²) in [5, 5.41) is 28.1. The van der Waals surface area contributed by atoms with Crippen molar-refractivity contribution in [2.45, 2.75) is 6.92 Å². The van der Waals surface area contributed by atoms with E-state index in [1.165, 1.54) is 6.92 Å². The largest absolute Gasteiger partial charge is 0.478 e. The lowest BCUT2D eigenvalue weighted by Gasteiger charge is -2.04. The lowest BCUT2D eigenvalue weighted by Crippen LogP contribution is -2.09. The summed E-state index contributed by atoms with van der Waals surface area (Å²) in [6, 6.07) is 1.95. The van der Waals surface area contributed by atoms with Crippen LogP contribution in [0.4, 0.5) is 5.69 Å². The fourth-order valence-corrected chi connectivity index (χ4v) is 1.34. The number of benzene rings is 1. The van der Waals surface area contributed by atoms with Crippen molar-refractivity contribution < 1.29 is 24.7 Å². The molecule has 16 heavy (non-hydrogen) atoms. The number of hydrogen-bond donors (Lipinski definition) is 2. The van der Waals surface area contributed by atoms with Gasteiger partial charge in [0.05, 0.1) is 10.5 Å². The molecule has 1 aromatic carbocycles. The molecule has 0 amide bonds. The van der Waals surface area contributed by atoms with Crippen LogP contribution in [0.15, 0.2) is 12.1 Å². The molecule has 1 rings (SSSR count). The smallest absolute Gasteiger partial charge is 0.342 e. The molecule has 0 saturated heterocycles. The first-order valence-corrected chi connectivity index (χ1v) is 4.10. The van der Waals surface area contributed by atoms with E-state index in [2.05, 4.69) is 0 Å². The molecule has 0 saturated carbocycles. The minimum absolute atomic E-state index is 0.169. The number of nitro groups is 1. The molecule has 0 unspecified atom stereocenters. The van der Waals surface area contributed by atoms with Crippen LogP contribution in [-0.2, 0) is 0 Å². The molecule has 0 atom stereocenters. The van der Waals surface area contributed by atoms with Gasteiger partial charge in [-0.05, 0) is 19.1 Å². The third-order valence-electron chi connectivity index (χ3n) is 2.07. The van der Waals surface area contributed by atoms with Gasteiger partial charge in [0.15, 0.2) is 0 Å². The Kier molecular flexibility index (Phi) is 2.89. The molecule has 7 heteroatoms. The third kappa shape index (κ3) is 1.83. The second-order valence-electron chi connectivity index (χ2n) is 3.00. The van der Waals surface area contributed by atoms with Crippen LogP contribution in [0.25, 0.3) is 0 Å². The molecule has 0 bridgehead atoms. The van der Waals surface area contributed by atoms with E-state index in [0.29, 0.717) is 0 Å². The minimum Gasteiger partial charge on any atom is -0.478 e. The van der Waals surface area contributed by atoms with Gasteiger partial charge in [-0.15, -0.1) is 0 Å². The number of nitrogens with zero attached hydrogens (tertiary/aromatic N) is 1. The highest BCUT2D eigenvalue weighted by molar-refractivity contribution is 5.97. The van der Waals surface area contributed by atoms with E-state index in [1.54, 1.807) is 0 Å². The van der Waals surface area contributed by atoms with Gasteiger partial charge in [-0.1, -0.05) is 0 Å². The highest BCUT2D eigenvalue weighted by Gasteiger charge is 2.26. The van der Waals surface area contributed by atoms with Crippen molar-refractivity contribution in [1.29, 1.82) is 0 Å². The summed E-state index contributed by atoms with van der Waals surface area (Å²) < 4.78 is 0. The molecule has 0 radical (unpaired) electrons. The molecule has 2 N–H and O–H groups in total. The number of hydrogen-bond acceptors (Lipinski definition) is 4. The molecule has 0 heterocycles. The molecule has 0 spiro atoms. The van der Waals surface area contributed by atoms with Gasteiger partial charge in [-0.2, -0.15) is 0 Å². The van der Waals surface area contributed by atoms with Crippen molar-refractivity contribution in [2.24, 2.45) is 0 Å². The van der Waals surface area contributed by atoms with Crippen molar-refractivity contribution in [3.8, 4) is 0 Å². The van der Waals surface area contributed by atoms with Gasteiger partial charge in [-0.25, -0.2) is 9.59 Å². The monoisotopic (exact) mass is 225 g/mol. The van der Waals surface area contributed by atoms with E-state index in [4.69, 9.17) is 10.2 Å². The molecule has 0 aliphatic rings. The maximum absolute atomic E-state index is 10.7. The van der Waals surface area contributed by atoms with Crippen molar-refractivity contribution in [2.75, 3.05) is 0 Å². The zero-order valence-electron chi connectivity index (χ0n) is 8.13. The Morgan fingerprint density at radius 3 is 2.00 bits per heavy atom. The fraction of sp³-hybridized carbons (Fsp3) is 0.111.